The summed E-state index contributed by atoms with van der Waals surface area (Å²) in [4.78, 5) is 1.04. The lowest BCUT2D eigenvalue weighted by Gasteiger charge is -2.02. The minimum atomic E-state index is 1.04. The minimum absolute atomic E-state index is 1.04. The van der Waals surface area contributed by atoms with Crippen molar-refractivity contribution in [1.29, 1.82) is 0 Å². The largest absolute Gasteiger partial charge is 0.274 e. The first kappa shape index (κ1) is 9.10. The van der Waals surface area contributed by atoms with Crippen molar-refractivity contribution in [2.75, 3.05) is 0 Å². The van der Waals surface area contributed by atoms with E-state index in [1.807, 2.05) is 24.3 Å². The van der Waals surface area contributed by atoms with Gasteiger partial charge in [0.2, 0.25) is 0 Å². The Morgan fingerprint density at radius 1 is 1.17 bits per heavy atom. The first-order valence-electron chi connectivity index (χ1n) is 3.57. The second kappa shape index (κ2) is 4.14. The van der Waals surface area contributed by atoms with Crippen molar-refractivity contribution in [2.45, 2.75) is 4.90 Å². The summed E-state index contributed by atoms with van der Waals surface area (Å²) >= 11 is 1.24. The molecule has 0 aliphatic rings. The summed E-state index contributed by atoms with van der Waals surface area (Å²) in [6.45, 7) is 7.43. The molecule has 0 amide bonds. The van der Waals surface area contributed by atoms with Crippen LogP contribution in [0.25, 0.3) is 12.2 Å². The van der Waals surface area contributed by atoms with Gasteiger partial charge in [0, 0.05) is 4.90 Å². The molecule has 0 fully saturated rings. The fourth-order valence-corrected chi connectivity index (χ4v) is 1.33. The van der Waals surface area contributed by atoms with Crippen LogP contribution in [-0.2, 0) is 0 Å². The van der Waals surface area contributed by atoms with E-state index in [9.17, 15) is 0 Å². The molecule has 0 bridgehead atoms. The van der Waals surface area contributed by atoms with Gasteiger partial charge in [-0.05, 0) is 35.2 Å². The maximum Gasteiger partial charge on any atom is 0.0232 e. The second-order valence-electron chi connectivity index (χ2n) is 2.32. The fraction of sp³-hybridized carbons (Fsp3) is 0. The van der Waals surface area contributed by atoms with E-state index < -0.39 is 0 Å². The van der Waals surface area contributed by atoms with Crippen LogP contribution in [0.2, 0.25) is 0 Å². The lowest BCUT2D eigenvalue weighted by Crippen LogP contribution is -1.84. The van der Waals surface area contributed by atoms with Crippen LogP contribution in [0.4, 0.5) is 0 Å². The second-order valence-corrected chi connectivity index (χ2v) is 3.02. The summed E-state index contributed by atoms with van der Waals surface area (Å²) in [5.74, 6) is 0. The van der Waals surface area contributed by atoms with Crippen LogP contribution in [0, 0.1) is 0 Å². The van der Waals surface area contributed by atoms with Gasteiger partial charge in [-0.2, -0.15) is 0 Å². The molecule has 1 rings (SSSR count). The maximum absolute atomic E-state index is 5.42. The van der Waals surface area contributed by atoms with Crippen LogP contribution in [0.5, 0.6) is 0 Å². The molecule has 0 saturated carbocycles. The molecule has 2 N–H and O–H groups in total. The molecular weight excluding hydrogens is 166 g/mol. The Morgan fingerprint density at radius 3 is 2.33 bits per heavy atom. The molecule has 1 nitrogen and oxygen atoms in total. The Kier molecular flexibility index (Phi) is 3.14. The summed E-state index contributed by atoms with van der Waals surface area (Å²) in [6, 6.07) is 5.95. The number of benzene rings is 1. The number of hydrogen-bond donors (Lipinski definition) is 1. The maximum atomic E-state index is 5.42. The summed E-state index contributed by atoms with van der Waals surface area (Å²) < 4.78 is 0. The number of hydrogen-bond acceptors (Lipinski definition) is 2. The van der Waals surface area contributed by atoms with Gasteiger partial charge >= 0.3 is 0 Å². The molecule has 1 aromatic rings. The first-order chi connectivity index (χ1) is 5.81. The normalized spacial score (nSPS) is 9.42. The highest BCUT2D eigenvalue weighted by Crippen LogP contribution is 2.19. The van der Waals surface area contributed by atoms with Gasteiger partial charge in [0.15, 0.2) is 0 Å². The highest BCUT2D eigenvalue weighted by molar-refractivity contribution is 7.97. The van der Waals surface area contributed by atoms with E-state index >= 15 is 0 Å². The zero-order valence-corrected chi connectivity index (χ0v) is 7.60. The van der Waals surface area contributed by atoms with Crippen LogP contribution < -0.4 is 5.14 Å². The Balaban J connectivity index is 3.18. The molecule has 0 spiro atoms. The third kappa shape index (κ3) is 1.78. The van der Waals surface area contributed by atoms with Gasteiger partial charge in [-0.1, -0.05) is 31.4 Å². The number of nitrogens with two attached hydrogens (primary N) is 1. The summed E-state index contributed by atoms with van der Waals surface area (Å²) in [5, 5.41) is 5.42. The SMILES string of the molecule is C=Cc1ccc(SN)cc1C=C. The Bertz CT molecular complexity index is 305. The number of rotatable bonds is 3. The van der Waals surface area contributed by atoms with Crippen LogP contribution >= 0.6 is 11.9 Å². The van der Waals surface area contributed by atoms with Crippen LogP contribution in [-0.4, -0.2) is 0 Å². The van der Waals surface area contributed by atoms with Crippen molar-refractivity contribution >= 4 is 24.1 Å². The van der Waals surface area contributed by atoms with E-state index in [4.69, 9.17) is 5.14 Å². The van der Waals surface area contributed by atoms with Gasteiger partial charge in [-0.15, -0.1) is 0 Å². The van der Waals surface area contributed by atoms with Gasteiger partial charge in [0.1, 0.15) is 0 Å². The summed E-state index contributed by atoms with van der Waals surface area (Å²) in [6.07, 6.45) is 3.61. The van der Waals surface area contributed by atoms with E-state index in [0.29, 0.717) is 0 Å². The molecule has 0 aromatic heterocycles. The third-order valence-electron chi connectivity index (χ3n) is 1.63. The highest BCUT2D eigenvalue weighted by atomic mass is 32.2. The molecule has 0 heterocycles. The van der Waals surface area contributed by atoms with Gasteiger partial charge in [0.05, 0.1) is 0 Å². The van der Waals surface area contributed by atoms with Gasteiger partial charge in [-0.3, -0.25) is 5.14 Å². The Morgan fingerprint density at radius 2 is 1.83 bits per heavy atom. The topological polar surface area (TPSA) is 26.0 Å². The first-order valence-corrected chi connectivity index (χ1v) is 4.45. The smallest absolute Gasteiger partial charge is 0.0232 e. The van der Waals surface area contributed by atoms with E-state index in [-0.39, 0.29) is 0 Å². The Labute approximate surface area is 77.1 Å². The van der Waals surface area contributed by atoms with Gasteiger partial charge < -0.3 is 0 Å². The molecule has 2 heteroatoms. The van der Waals surface area contributed by atoms with Crippen molar-refractivity contribution in [1.82, 2.24) is 0 Å². The molecular formula is C10H11NS. The van der Waals surface area contributed by atoms with Crippen LogP contribution in [0.1, 0.15) is 11.1 Å². The quantitative estimate of drug-likeness (QED) is 0.718. The van der Waals surface area contributed by atoms with Crippen molar-refractivity contribution in [3.8, 4) is 0 Å². The molecule has 62 valence electrons. The van der Waals surface area contributed by atoms with Gasteiger partial charge in [-0.25, -0.2) is 0 Å². The zero-order chi connectivity index (χ0) is 8.97. The summed E-state index contributed by atoms with van der Waals surface area (Å²) in [5.41, 5.74) is 2.16. The van der Waals surface area contributed by atoms with E-state index in [2.05, 4.69) is 13.2 Å². The van der Waals surface area contributed by atoms with E-state index in [1.165, 1.54) is 11.9 Å². The van der Waals surface area contributed by atoms with Gasteiger partial charge in [0.25, 0.3) is 0 Å². The third-order valence-corrected chi connectivity index (χ3v) is 2.16. The predicted octanol–water partition coefficient (Wildman–Crippen LogP) is 2.94. The van der Waals surface area contributed by atoms with Crippen molar-refractivity contribution in [3.63, 3.8) is 0 Å². The summed E-state index contributed by atoms with van der Waals surface area (Å²) in [7, 11) is 0. The standard InChI is InChI=1S/C10H11NS/c1-3-8-5-6-10(12-11)7-9(8)4-2/h3-7H,1-2,11H2. The van der Waals surface area contributed by atoms with Crippen molar-refractivity contribution in [2.24, 2.45) is 5.14 Å². The lowest BCUT2D eigenvalue weighted by atomic mass is 10.1. The van der Waals surface area contributed by atoms with E-state index in [1.54, 1.807) is 6.08 Å². The van der Waals surface area contributed by atoms with E-state index in [0.717, 1.165) is 16.0 Å². The predicted molar refractivity (Wildman–Crippen MR) is 56.7 cm³/mol. The molecule has 0 unspecified atom stereocenters. The monoisotopic (exact) mass is 177 g/mol. The molecule has 0 aliphatic carbocycles. The molecule has 0 aliphatic heterocycles. The van der Waals surface area contributed by atoms with Crippen molar-refractivity contribution < 1.29 is 0 Å². The van der Waals surface area contributed by atoms with Crippen molar-refractivity contribution in [3.05, 3.63) is 42.5 Å². The molecule has 12 heavy (non-hydrogen) atoms. The molecule has 0 atom stereocenters. The average Bonchev–Trinajstić information content (AvgIpc) is 2.16. The molecule has 1 aromatic carbocycles. The fourth-order valence-electron chi connectivity index (χ4n) is 0.989. The lowest BCUT2D eigenvalue weighted by molar-refractivity contribution is 1.43. The molecule has 0 saturated heterocycles. The Hall–Kier alpha value is -0.990. The molecule has 0 radical (unpaired) electrons. The zero-order valence-electron chi connectivity index (χ0n) is 6.79. The van der Waals surface area contributed by atoms with Crippen LogP contribution in [0.15, 0.2) is 36.3 Å². The average molecular weight is 177 g/mol. The minimum Gasteiger partial charge on any atom is -0.274 e. The highest BCUT2D eigenvalue weighted by Gasteiger charge is 1.96. The van der Waals surface area contributed by atoms with Crippen LogP contribution in [0.3, 0.4) is 0 Å².